The summed E-state index contributed by atoms with van der Waals surface area (Å²) in [6.07, 6.45) is -2.58. The van der Waals surface area contributed by atoms with Crippen LogP contribution < -0.4 is 20.1 Å². The van der Waals surface area contributed by atoms with Gasteiger partial charge in [-0.15, -0.1) is 0 Å². The van der Waals surface area contributed by atoms with E-state index in [4.69, 9.17) is 35.0 Å². The maximum atomic E-state index is 14.4. The zero-order valence-electron chi connectivity index (χ0n) is 24.0. The first-order valence-electron chi connectivity index (χ1n) is 13.6. The zero-order chi connectivity index (χ0) is 33.1. The van der Waals surface area contributed by atoms with Crippen molar-refractivity contribution in [2.24, 2.45) is 5.11 Å². The summed E-state index contributed by atoms with van der Waals surface area (Å²) in [6, 6.07) is 24.4. The Morgan fingerprint density at radius 3 is 1.91 bits per heavy atom. The van der Waals surface area contributed by atoms with E-state index in [-0.39, 0.29) is 13.0 Å². The molecule has 0 heterocycles. The number of para-hydroxylation sites is 2. The standard InChI is InChI=1S/C27H32N5O5P.C2HF3O2/c28-23-17-15-22(16-18-23)21-26(31-27(33)35-20-10-2-1-9-19-30-32-29)38(34,36-24-11-5-3-6-12-24)37-25-13-7-4-8-14-25;3-2(4,5)1(6)7/h3-8,11-18,26H,1-2,9-10,19-21,28H2,(H,31,33);(H,6,7). The largest absolute Gasteiger partial charge is 0.490 e. The summed E-state index contributed by atoms with van der Waals surface area (Å²) in [5.74, 6) is -3.15. The van der Waals surface area contributed by atoms with E-state index in [1.807, 2.05) is 12.1 Å². The minimum Gasteiger partial charge on any atom is -0.475 e. The molecule has 242 valence electrons. The first-order chi connectivity index (χ1) is 21.4. The van der Waals surface area contributed by atoms with Crippen molar-refractivity contribution in [3.05, 3.63) is 101 Å². The molecule has 0 saturated carbocycles. The van der Waals surface area contributed by atoms with Crippen LogP contribution in [0.2, 0.25) is 0 Å². The van der Waals surface area contributed by atoms with Crippen molar-refractivity contribution in [1.29, 1.82) is 0 Å². The molecule has 0 bridgehead atoms. The summed E-state index contributed by atoms with van der Waals surface area (Å²) in [5, 5.41) is 13.3. The van der Waals surface area contributed by atoms with Crippen molar-refractivity contribution in [3.8, 4) is 11.5 Å². The zero-order valence-corrected chi connectivity index (χ0v) is 24.9. The number of unbranched alkanes of at least 4 members (excludes halogenated alkanes) is 3. The van der Waals surface area contributed by atoms with Gasteiger partial charge in [-0.05, 0) is 60.3 Å². The highest BCUT2D eigenvalue weighted by atomic mass is 31.2. The number of azide groups is 1. The Labute approximate surface area is 257 Å². The van der Waals surface area contributed by atoms with E-state index in [2.05, 4.69) is 15.3 Å². The molecule has 0 fully saturated rings. The molecule has 1 unspecified atom stereocenters. The van der Waals surface area contributed by atoms with Gasteiger partial charge in [0.05, 0.1) is 6.61 Å². The van der Waals surface area contributed by atoms with Crippen LogP contribution in [0.5, 0.6) is 11.5 Å². The van der Waals surface area contributed by atoms with E-state index in [0.29, 0.717) is 30.2 Å². The number of nitrogens with two attached hydrogens (primary N) is 1. The van der Waals surface area contributed by atoms with Crippen molar-refractivity contribution in [3.63, 3.8) is 0 Å². The number of halogens is 3. The lowest BCUT2D eigenvalue weighted by Gasteiger charge is -2.28. The molecule has 0 aliphatic carbocycles. The number of alkyl carbamates (subject to hydrolysis) is 1. The Kier molecular flexibility index (Phi) is 15.1. The Hall–Kier alpha value is -4.87. The van der Waals surface area contributed by atoms with E-state index >= 15 is 0 Å². The Morgan fingerprint density at radius 2 is 1.42 bits per heavy atom. The molecular formula is C29H33F3N5O7P. The summed E-state index contributed by atoms with van der Waals surface area (Å²) < 4.78 is 63.4. The second kappa shape index (κ2) is 18.7. The number of anilines is 1. The van der Waals surface area contributed by atoms with E-state index < -0.39 is 31.6 Å². The number of nitrogens with one attached hydrogen (secondary N) is 1. The van der Waals surface area contributed by atoms with Gasteiger partial charge in [0.1, 0.15) is 11.5 Å². The van der Waals surface area contributed by atoms with E-state index in [9.17, 15) is 22.5 Å². The number of benzene rings is 3. The second-order valence-electron chi connectivity index (χ2n) is 9.26. The van der Waals surface area contributed by atoms with E-state index in [0.717, 1.165) is 24.8 Å². The number of amides is 1. The highest BCUT2D eigenvalue weighted by Crippen LogP contribution is 2.53. The number of nitrogens with zero attached hydrogens (tertiary/aromatic N) is 3. The minimum absolute atomic E-state index is 0.145. The van der Waals surface area contributed by atoms with Gasteiger partial charge in [-0.1, -0.05) is 66.5 Å². The number of hydrogen-bond acceptors (Lipinski definition) is 8. The fraction of sp³-hybridized carbons (Fsp3) is 0.310. The Morgan fingerprint density at radius 1 is 0.911 bits per heavy atom. The van der Waals surface area contributed by atoms with Crippen LogP contribution in [0.4, 0.5) is 23.7 Å². The number of carboxylic acid groups (broad SMARTS) is 1. The number of carbonyl (C=O) groups excluding carboxylic acids is 1. The fourth-order valence-electron chi connectivity index (χ4n) is 3.55. The highest BCUT2D eigenvalue weighted by Gasteiger charge is 2.41. The number of nitrogen functional groups attached to an aromatic ring is 1. The first kappa shape index (κ1) is 36.3. The monoisotopic (exact) mass is 651 g/mol. The molecule has 4 N–H and O–H groups in total. The van der Waals surface area contributed by atoms with Crippen molar-refractivity contribution >= 4 is 25.3 Å². The van der Waals surface area contributed by atoms with Crippen LogP contribution >= 0.6 is 7.60 Å². The van der Waals surface area contributed by atoms with Crippen molar-refractivity contribution in [1.82, 2.24) is 5.32 Å². The third-order valence-corrected chi connectivity index (χ3v) is 7.72. The molecule has 0 aromatic heterocycles. The highest BCUT2D eigenvalue weighted by molar-refractivity contribution is 7.55. The summed E-state index contributed by atoms with van der Waals surface area (Å²) in [6.45, 7) is 0.633. The molecule has 45 heavy (non-hydrogen) atoms. The predicted molar refractivity (Wildman–Crippen MR) is 161 cm³/mol. The topological polar surface area (TPSA) is 186 Å². The summed E-state index contributed by atoms with van der Waals surface area (Å²) >= 11 is 0. The van der Waals surface area contributed by atoms with Gasteiger partial charge in [-0.3, -0.25) is 0 Å². The summed E-state index contributed by atoms with van der Waals surface area (Å²) in [7, 11) is -4.05. The molecule has 0 saturated heterocycles. The third-order valence-electron chi connectivity index (χ3n) is 5.72. The molecule has 3 rings (SSSR count). The average Bonchev–Trinajstić information content (AvgIpc) is 3.00. The molecule has 3 aromatic rings. The van der Waals surface area contributed by atoms with Gasteiger partial charge in [-0.2, -0.15) is 13.2 Å². The summed E-state index contributed by atoms with van der Waals surface area (Å²) in [4.78, 5) is 24.4. The van der Waals surface area contributed by atoms with Crippen molar-refractivity contribution < 1.29 is 46.2 Å². The van der Waals surface area contributed by atoms with Crippen molar-refractivity contribution in [2.75, 3.05) is 18.9 Å². The van der Waals surface area contributed by atoms with Gasteiger partial charge >= 0.3 is 25.8 Å². The van der Waals surface area contributed by atoms with Crippen LogP contribution in [-0.4, -0.2) is 42.3 Å². The Bertz CT molecular complexity index is 1380. The number of rotatable bonds is 15. The van der Waals surface area contributed by atoms with E-state index in [1.165, 1.54) is 0 Å². The minimum atomic E-state index is -5.08. The normalized spacial score (nSPS) is 11.5. The molecule has 1 amide bonds. The van der Waals surface area contributed by atoms with Crippen LogP contribution in [0.1, 0.15) is 31.2 Å². The molecule has 12 nitrogen and oxygen atoms in total. The molecule has 1 atom stereocenters. The fourth-order valence-corrected chi connectivity index (χ4v) is 5.37. The molecule has 3 aromatic carbocycles. The van der Waals surface area contributed by atoms with Crippen LogP contribution in [0.15, 0.2) is 90.0 Å². The van der Waals surface area contributed by atoms with Gasteiger partial charge in [0, 0.05) is 23.6 Å². The van der Waals surface area contributed by atoms with Gasteiger partial charge in [0.25, 0.3) is 0 Å². The van der Waals surface area contributed by atoms with Gasteiger partial charge in [0.15, 0.2) is 5.78 Å². The van der Waals surface area contributed by atoms with E-state index in [1.54, 1.807) is 72.8 Å². The molecule has 0 spiro atoms. The SMILES string of the molecule is O=C(O)C(F)(F)F.[N-]=[N+]=NCCCCCCOC(=O)NC(Cc1ccc(N)cc1)P(=O)(Oc1ccccc1)Oc1ccccc1. The first-order valence-corrected chi connectivity index (χ1v) is 15.2. The maximum absolute atomic E-state index is 14.4. The second-order valence-corrected chi connectivity index (χ2v) is 11.3. The third kappa shape index (κ3) is 14.4. The number of ether oxygens (including phenoxy) is 1. The number of hydrogen-bond donors (Lipinski definition) is 3. The van der Waals surface area contributed by atoms with Crippen molar-refractivity contribution in [2.45, 2.75) is 44.1 Å². The quantitative estimate of drug-likeness (QED) is 0.0372. The van der Waals surface area contributed by atoms with Gasteiger partial charge in [-0.25, -0.2) is 14.2 Å². The molecule has 16 heteroatoms. The lowest BCUT2D eigenvalue weighted by molar-refractivity contribution is -0.192. The van der Waals surface area contributed by atoms with Crippen LogP contribution in [-0.2, 0) is 20.5 Å². The lowest BCUT2D eigenvalue weighted by Crippen LogP contribution is -2.39. The molecule has 0 aliphatic heterocycles. The summed E-state index contributed by atoms with van der Waals surface area (Å²) in [5.41, 5.74) is 15.5. The van der Waals surface area contributed by atoms with Crippen LogP contribution in [0.25, 0.3) is 10.4 Å². The lowest BCUT2D eigenvalue weighted by atomic mass is 10.1. The molecule has 0 aliphatic rings. The molecule has 0 radical (unpaired) electrons. The van der Waals surface area contributed by atoms with Crippen LogP contribution in [0.3, 0.4) is 0 Å². The van der Waals surface area contributed by atoms with Gasteiger partial charge in [0.2, 0.25) is 0 Å². The average molecular weight is 652 g/mol. The number of aliphatic carboxylic acids is 1. The maximum Gasteiger partial charge on any atom is 0.490 e. The number of alkyl halides is 3. The number of carboxylic acids is 1. The Balaban J connectivity index is 0.000000900. The smallest absolute Gasteiger partial charge is 0.475 e. The predicted octanol–water partition coefficient (Wildman–Crippen LogP) is 7.72. The molecular weight excluding hydrogens is 618 g/mol. The van der Waals surface area contributed by atoms with Gasteiger partial charge < -0.3 is 29.9 Å². The van der Waals surface area contributed by atoms with Crippen LogP contribution in [0, 0.1) is 0 Å². The number of carbonyl (C=O) groups is 2.